The van der Waals surface area contributed by atoms with E-state index in [9.17, 15) is 19.7 Å². The average Bonchev–Trinajstić information content (AvgIpc) is 3.25. The van der Waals surface area contributed by atoms with Gasteiger partial charge in [-0.1, -0.05) is 5.16 Å². The first-order valence-electron chi connectivity index (χ1n) is 7.01. The van der Waals surface area contributed by atoms with Crippen LogP contribution in [0.2, 0.25) is 0 Å². The van der Waals surface area contributed by atoms with Crippen LogP contribution in [0.5, 0.6) is 0 Å². The van der Waals surface area contributed by atoms with Crippen LogP contribution in [0.15, 0.2) is 22.7 Å². The average molecular weight is 314 g/mol. The van der Waals surface area contributed by atoms with Crippen LogP contribution in [0, 0.1) is 10.1 Å². The number of non-ortho nitro benzene ring substituents is 1. The quantitative estimate of drug-likeness (QED) is 0.478. The summed E-state index contributed by atoms with van der Waals surface area (Å²) in [7, 11) is 0. The highest BCUT2D eigenvalue weighted by Crippen LogP contribution is 2.39. The van der Waals surface area contributed by atoms with Crippen LogP contribution in [0.1, 0.15) is 51.2 Å². The van der Waals surface area contributed by atoms with E-state index < -0.39 is 16.7 Å². The van der Waals surface area contributed by atoms with Gasteiger partial charge in [0.15, 0.2) is 5.82 Å². The number of imide groups is 1. The number of nitro benzene ring substituents is 1. The molecule has 4 rings (SSSR count). The van der Waals surface area contributed by atoms with E-state index in [1.807, 2.05) is 0 Å². The molecule has 1 aromatic heterocycles. The molecule has 9 nitrogen and oxygen atoms in total. The van der Waals surface area contributed by atoms with Crippen molar-refractivity contribution < 1.29 is 19.0 Å². The number of hydrogen-bond acceptors (Lipinski definition) is 7. The number of amides is 2. The summed E-state index contributed by atoms with van der Waals surface area (Å²) in [6, 6.07) is 3.61. The van der Waals surface area contributed by atoms with E-state index in [0.29, 0.717) is 5.89 Å². The van der Waals surface area contributed by atoms with Gasteiger partial charge in [-0.25, -0.2) is 0 Å². The van der Waals surface area contributed by atoms with Gasteiger partial charge in [-0.05, 0) is 18.9 Å². The summed E-state index contributed by atoms with van der Waals surface area (Å²) in [6.45, 7) is -0.115. The number of hydrogen-bond donors (Lipinski definition) is 0. The van der Waals surface area contributed by atoms with Gasteiger partial charge < -0.3 is 4.52 Å². The molecule has 2 aliphatic rings. The van der Waals surface area contributed by atoms with Gasteiger partial charge in [0.25, 0.3) is 17.5 Å². The summed E-state index contributed by atoms with van der Waals surface area (Å²) in [6.07, 6.45) is 2.00. The lowest BCUT2D eigenvalue weighted by Crippen LogP contribution is -2.29. The molecule has 2 aromatic rings. The fourth-order valence-electron chi connectivity index (χ4n) is 2.51. The Hall–Kier alpha value is -3.10. The lowest BCUT2D eigenvalue weighted by Gasteiger charge is -2.10. The van der Waals surface area contributed by atoms with Crippen molar-refractivity contribution in [3.63, 3.8) is 0 Å². The minimum atomic E-state index is -0.609. The minimum absolute atomic E-state index is 0.0233. The number of fused-ring (bicyclic) bond motifs is 1. The normalized spacial score (nSPS) is 16.8. The van der Waals surface area contributed by atoms with Crippen molar-refractivity contribution in [1.82, 2.24) is 15.0 Å². The number of carbonyl (C=O) groups excluding carboxylic acids is 2. The third-order valence-electron chi connectivity index (χ3n) is 3.88. The van der Waals surface area contributed by atoms with Crippen molar-refractivity contribution in [3.8, 4) is 0 Å². The van der Waals surface area contributed by atoms with Crippen molar-refractivity contribution in [1.29, 1.82) is 0 Å². The summed E-state index contributed by atoms with van der Waals surface area (Å²) in [5.41, 5.74) is -0.0658. The Balaban J connectivity index is 1.61. The highest BCUT2D eigenvalue weighted by Gasteiger charge is 2.38. The molecule has 0 spiro atoms. The molecule has 2 heterocycles. The first-order valence-corrected chi connectivity index (χ1v) is 7.01. The van der Waals surface area contributed by atoms with Crippen molar-refractivity contribution in [2.75, 3.05) is 0 Å². The Morgan fingerprint density at radius 1 is 1.26 bits per heavy atom. The van der Waals surface area contributed by atoms with Gasteiger partial charge in [0.2, 0.25) is 5.89 Å². The molecule has 0 radical (unpaired) electrons. The summed E-state index contributed by atoms with van der Waals surface area (Å²) < 4.78 is 5.10. The number of nitro groups is 1. The molecule has 0 unspecified atom stereocenters. The zero-order valence-electron chi connectivity index (χ0n) is 11.8. The molecule has 2 amide bonds. The van der Waals surface area contributed by atoms with Crippen molar-refractivity contribution >= 4 is 17.5 Å². The van der Waals surface area contributed by atoms with Gasteiger partial charge in [-0.15, -0.1) is 0 Å². The number of benzene rings is 1. The van der Waals surface area contributed by atoms with Crippen molar-refractivity contribution in [2.45, 2.75) is 25.3 Å². The number of aromatic nitrogens is 2. The number of carbonyl (C=O) groups is 2. The summed E-state index contributed by atoms with van der Waals surface area (Å²) >= 11 is 0. The van der Waals surface area contributed by atoms with Gasteiger partial charge in [-0.2, -0.15) is 4.98 Å². The highest BCUT2D eigenvalue weighted by molar-refractivity contribution is 6.21. The van der Waals surface area contributed by atoms with E-state index in [1.54, 1.807) is 0 Å². The Kier molecular flexibility index (Phi) is 2.77. The van der Waals surface area contributed by atoms with Gasteiger partial charge in [0, 0.05) is 18.1 Å². The highest BCUT2D eigenvalue weighted by atomic mass is 16.6. The largest absolute Gasteiger partial charge is 0.339 e. The Labute approximate surface area is 129 Å². The predicted octanol–water partition coefficient (Wildman–Crippen LogP) is 1.65. The molecule has 0 atom stereocenters. The van der Waals surface area contributed by atoms with Crippen LogP contribution in [0.3, 0.4) is 0 Å². The maximum Gasteiger partial charge on any atom is 0.270 e. The fraction of sp³-hybridized carbons (Fsp3) is 0.286. The molecule has 0 N–H and O–H groups in total. The summed E-state index contributed by atoms with van der Waals surface area (Å²) in [5.74, 6) is -0.0617. The zero-order chi connectivity index (χ0) is 16.1. The molecule has 1 aromatic carbocycles. The standard InChI is InChI=1S/C14H10N4O5/c19-13-9-4-3-8(18(21)22)5-10(9)14(20)17(13)6-11-15-12(23-16-11)7-1-2-7/h3-5,7H,1-2,6H2. The summed E-state index contributed by atoms with van der Waals surface area (Å²) in [5, 5.41) is 14.6. The summed E-state index contributed by atoms with van der Waals surface area (Å²) in [4.78, 5) is 40.0. The van der Waals surface area contributed by atoms with Crippen LogP contribution >= 0.6 is 0 Å². The Bertz CT molecular complexity index is 855. The van der Waals surface area contributed by atoms with E-state index in [4.69, 9.17) is 4.52 Å². The second kappa shape index (κ2) is 4.70. The van der Waals surface area contributed by atoms with Gasteiger partial charge in [-0.3, -0.25) is 24.6 Å². The molecule has 1 aliphatic heterocycles. The zero-order valence-corrected chi connectivity index (χ0v) is 11.8. The minimum Gasteiger partial charge on any atom is -0.339 e. The number of nitrogens with zero attached hydrogens (tertiary/aromatic N) is 4. The molecule has 0 bridgehead atoms. The topological polar surface area (TPSA) is 119 Å². The van der Waals surface area contributed by atoms with Gasteiger partial charge in [0.1, 0.15) is 0 Å². The van der Waals surface area contributed by atoms with E-state index in [0.717, 1.165) is 23.8 Å². The number of rotatable bonds is 4. The maximum absolute atomic E-state index is 12.3. The second-order valence-electron chi connectivity index (χ2n) is 5.51. The molecule has 9 heteroatoms. The van der Waals surface area contributed by atoms with Crippen LogP contribution in [-0.4, -0.2) is 31.8 Å². The molecule has 23 heavy (non-hydrogen) atoms. The van der Waals surface area contributed by atoms with Gasteiger partial charge >= 0.3 is 0 Å². The van der Waals surface area contributed by atoms with E-state index >= 15 is 0 Å². The Morgan fingerprint density at radius 2 is 2.00 bits per heavy atom. The third kappa shape index (κ3) is 2.17. The van der Waals surface area contributed by atoms with E-state index in [-0.39, 0.29) is 35.1 Å². The molecule has 1 fully saturated rings. The van der Waals surface area contributed by atoms with Crippen molar-refractivity contribution in [2.24, 2.45) is 0 Å². The SMILES string of the molecule is O=C1c2ccc([N+](=O)[O-])cc2C(=O)N1Cc1noc(C2CC2)n1. The van der Waals surface area contributed by atoms with Crippen LogP contribution in [0.4, 0.5) is 5.69 Å². The van der Waals surface area contributed by atoms with Gasteiger partial charge in [0.05, 0.1) is 22.6 Å². The maximum atomic E-state index is 12.3. The smallest absolute Gasteiger partial charge is 0.270 e. The van der Waals surface area contributed by atoms with Crippen LogP contribution in [0.25, 0.3) is 0 Å². The molecule has 1 saturated carbocycles. The molecular formula is C14H10N4O5. The lowest BCUT2D eigenvalue weighted by atomic mass is 10.1. The molecule has 116 valence electrons. The van der Waals surface area contributed by atoms with Crippen LogP contribution < -0.4 is 0 Å². The Morgan fingerprint density at radius 3 is 2.70 bits per heavy atom. The van der Waals surface area contributed by atoms with E-state index in [1.165, 1.54) is 12.1 Å². The molecule has 0 saturated heterocycles. The third-order valence-corrected chi connectivity index (χ3v) is 3.88. The molecule has 1 aliphatic carbocycles. The lowest BCUT2D eigenvalue weighted by molar-refractivity contribution is -0.384. The van der Waals surface area contributed by atoms with Crippen molar-refractivity contribution in [3.05, 3.63) is 51.2 Å². The first-order chi connectivity index (χ1) is 11.0. The van der Waals surface area contributed by atoms with Crippen LogP contribution in [-0.2, 0) is 6.54 Å². The second-order valence-corrected chi connectivity index (χ2v) is 5.51. The molecular weight excluding hydrogens is 304 g/mol. The monoisotopic (exact) mass is 314 g/mol. The predicted molar refractivity (Wildman–Crippen MR) is 73.6 cm³/mol. The first kappa shape index (κ1) is 13.6. The fourth-order valence-corrected chi connectivity index (χ4v) is 2.51. The van der Waals surface area contributed by atoms with E-state index in [2.05, 4.69) is 10.1 Å².